The van der Waals surface area contributed by atoms with Crippen LogP contribution in [0.2, 0.25) is 0 Å². The van der Waals surface area contributed by atoms with Gasteiger partial charge in [-0.25, -0.2) is 0 Å². The Kier molecular flexibility index (Phi) is 9.31. The van der Waals surface area contributed by atoms with Crippen molar-refractivity contribution in [2.24, 2.45) is 5.92 Å². The van der Waals surface area contributed by atoms with Gasteiger partial charge in [-0.1, -0.05) is 30.3 Å². The second-order valence-corrected chi connectivity index (χ2v) is 8.72. The molecule has 0 spiro atoms. The molecule has 0 aromatic heterocycles. The summed E-state index contributed by atoms with van der Waals surface area (Å²) in [6, 6.07) is 10.5. The monoisotopic (exact) mass is 431 g/mol. The first-order valence-electron chi connectivity index (χ1n) is 11.5. The molecule has 0 unspecified atom stereocenters. The molecular formula is C24H37N3O4. The summed E-state index contributed by atoms with van der Waals surface area (Å²) in [7, 11) is 1.67. The molecule has 172 valence electrons. The summed E-state index contributed by atoms with van der Waals surface area (Å²) in [6.45, 7) is 5.36. The van der Waals surface area contributed by atoms with Gasteiger partial charge in [-0.2, -0.15) is 0 Å². The van der Waals surface area contributed by atoms with Crippen molar-refractivity contribution in [2.75, 3.05) is 59.7 Å². The zero-order chi connectivity index (χ0) is 21.9. The van der Waals surface area contributed by atoms with Crippen LogP contribution in [0, 0.1) is 5.92 Å². The average molecular weight is 432 g/mol. The Labute approximate surface area is 185 Å². The van der Waals surface area contributed by atoms with E-state index in [1.165, 1.54) is 5.56 Å². The van der Waals surface area contributed by atoms with Crippen molar-refractivity contribution in [2.45, 2.75) is 37.5 Å². The second-order valence-electron chi connectivity index (χ2n) is 8.72. The highest BCUT2D eigenvalue weighted by atomic mass is 16.5. The highest BCUT2D eigenvalue weighted by Crippen LogP contribution is 2.34. The Hall–Kier alpha value is -1.96. The maximum Gasteiger partial charge on any atom is 0.234 e. The first-order valence-corrected chi connectivity index (χ1v) is 11.5. The van der Waals surface area contributed by atoms with Crippen LogP contribution in [0.1, 0.15) is 37.7 Å². The van der Waals surface area contributed by atoms with Crippen LogP contribution in [0.3, 0.4) is 0 Å². The second kappa shape index (κ2) is 12.2. The number of benzene rings is 1. The number of rotatable bonds is 10. The Morgan fingerprint density at radius 2 is 1.84 bits per heavy atom. The van der Waals surface area contributed by atoms with Crippen LogP contribution in [-0.2, 0) is 24.5 Å². The molecule has 1 aromatic rings. The standard InChI is InChI=1S/C24H37N3O4/c1-30-15-5-12-25-23(29)20-8-13-27(14-9-20)18-22(28)26-19-24(10-16-31-17-11-24)21-6-3-2-4-7-21/h2-4,6-7,20H,5,8-19H2,1H3,(H,25,29)(H,26,28). The van der Waals surface area contributed by atoms with E-state index in [-0.39, 0.29) is 23.1 Å². The number of hydrogen-bond acceptors (Lipinski definition) is 5. The van der Waals surface area contributed by atoms with Crippen LogP contribution in [0.5, 0.6) is 0 Å². The number of methoxy groups -OCH3 is 1. The van der Waals surface area contributed by atoms with Gasteiger partial charge in [0.25, 0.3) is 0 Å². The first kappa shape index (κ1) is 23.7. The van der Waals surface area contributed by atoms with Gasteiger partial charge in [0.05, 0.1) is 6.54 Å². The van der Waals surface area contributed by atoms with Gasteiger partial charge >= 0.3 is 0 Å². The molecule has 7 nitrogen and oxygen atoms in total. The Bertz CT molecular complexity index is 683. The smallest absolute Gasteiger partial charge is 0.234 e. The zero-order valence-electron chi connectivity index (χ0n) is 18.7. The van der Waals surface area contributed by atoms with Crippen molar-refractivity contribution >= 4 is 11.8 Å². The Morgan fingerprint density at radius 1 is 1.13 bits per heavy atom. The van der Waals surface area contributed by atoms with Crippen molar-refractivity contribution in [3.8, 4) is 0 Å². The number of piperidine rings is 1. The number of nitrogens with one attached hydrogen (secondary N) is 2. The van der Waals surface area contributed by atoms with Gasteiger partial charge in [0.1, 0.15) is 0 Å². The quantitative estimate of drug-likeness (QED) is 0.552. The van der Waals surface area contributed by atoms with Crippen LogP contribution in [0.25, 0.3) is 0 Å². The molecule has 2 N–H and O–H groups in total. The predicted molar refractivity (Wildman–Crippen MR) is 120 cm³/mol. The Balaban J connectivity index is 1.41. The highest BCUT2D eigenvalue weighted by Gasteiger charge is 2.35. The molecule has 2 aliphatic rings. The van der Waals surface area contributed by atoms with Crippen molar-refractivity contribution in [3.63, 3.8) is 0 Å². The molecule has 0 bridgehead atoms. The van der Waals surface area contributed by atoms with E-state index in [0.717, 1.165) is 58.4 Å². The highest BCUT2D eigenvalue weighted by molar-refractivity contribution is 5.79. The lowest BCUT2D eigenvalue weighted by molar-refractivity contribution is -0.127. The largest absolute Gasteiger partial charge is 0.385 e. The summed E-state index contributed by atoms with van der Waals surface area (Å²) >= 11 is 0. The summed E-state index contributed by atoms with van der Waals surface area (Å²) in [5, 5.41) is 6.18. The zero-order valence-corrected chi connectivity index (χ0v) is 18.7. The lowest BCUT2D eigenvalue weighted by Gasteiger charge is -2.38. The van der Waals surface area contributed by atoms with Crippen molar-refractivity contribution < 1.29 is 19.1 Å². The maximum absolute atomic E-state index is 12.7. The van der Waals surface area contributed by atoms with Gasteiger partial charge < -0.3 is 20.1 Å². The molecule has 0 atom stereocenters. The fourth-order valence-electron chi connectivity index (χ4n) is 4.57. The molecule has 3 rings (SSSR count). The summed E-state index contributed by atoms with van der Waals surface area (Å²) in [5.41, 5.74) is 1.22. The molecule has 0 saturated carbocycles. The lowest BCUT2D eigenvalue weighted by Crippen LogP contribution is -2.48. The van der Waals surface area contributed by atoms with Gasteiger partial charge in [0.15, 0.2) is 0 Å². The molecule has 31 heavy (non-hydrogen) atoms. The topological polar surface area (TPSA) is 79.9 Å². The molecule has 0 radical (unpaired) electrons. The average Bonchev–Trinajstić information content (AvgIpc) is 2.82. The molecular weight excluding hydrogens is 394 g/mol. The van der Waals surface area contributed by atoms with Gasteiger partial charge in [-0.15, -0.1) is 0 Å². The number of amides is 2. The SMILES string of the molecule is COCCCNC(=O)C1CCN(CC(=O)NCC2(c3ccccc3)CCOCC2)CC1. The summed E-state index contributed by atoms with van der Waals surface area (Å²) < 4.78 is 10.6. The first-order chi connectivity index (χ1) is 15.1. The van der Waals surface area contributed by atoms with Gasteiger partial charge in [0.2, 0.25) is 11.8 Å². The van der Waals surface area contributed by atoms with Gasteiger partial charge in [0, 0.05) is 51.4 Å². The number of ether oxygens (including phenoxy) is 2. The molecule has 0 aliphatic carbocycles. The maximum atomic E-state index is 12.7. The molecule has 7 heteroatoms. The number of likely N-dealkylation sites (tertiary alicyclic amines) is 1. The molecule has 2 fully saturated rings. The van der Waals surface area contributed by atoms with E-state index in [1.54, 1.807) is 7.11 Å². The Morgan fingerprint density at radius 3 is 2.52 bits per heavy atom. The summed E-state index contributed by atoms with van der Waals surface area (Å²) in [4.78, 5) is 27.1. The molecule has 2 aliphatic heterocycles. The molecule has 2 heterocycles. The van der Waals surface area contributed by atoms with Crippen LogP contribution in [0.15, 0.2) is 30.3 Å². The lowest BCUT2D eigenvalue weighted by atomic mass is 9.74. The third-order valence-corrected chi connectivity index (χ3v) is 6.61. The van der Waals surface area contributed by atoms with Gasteiger partial charge in [-0.3, -0.25) is 14.5 Å². The minimum absolute atomic E-state index is 0.0467. The summed E-state index contributed by atoms with van der Waals surface area (Å²) in [6.07, 6.45) is 4.27. The van der Waals surface area contributed by atoms with Crippen molar-refractivity contribution in [1.29, 1.82) is 0 Å². The predicted octanol–water partition coefficient (Wildman–Crippen LogP) is 1.72. The minimum Gasteiger partial charge on any atom is -0.385 e. The van der Waals surface area contributed by atoms with E-state index in [0.29, 0.717) is 26.2 Å². The third-order valence-electron chi connectivity index (χ3n) is 6.61. The van der Waals surface area contributed by atoms with Crippen LogP contribution >= 0.6 is 0 Å². The fraction of sp³-hybridized carbons (Fsp3) is 0.667. The van der Waals surface area contributed by atoms with E-state index >= 15 is 0 Å². The van der Waals surface area contributed by atoms with E-state index in [9.17, 15) is 9.59 Å². The normalized spacial score (nSPS) is 19.6. The number of hydrogen-bond donors (Lipinski definition) is 2. The van der Waals surface area contributed by atoms with Crippen LogP contribution in [0.4, 0.5) is 0 Å². The van der Waals surface area contributed by atoms with E-state index < -0.39 is 0 Å². The molecule has 2 saturated heterocycles. The van der Waals surface area contributed by atoms with Crippen LogP contribution < -0.4 is 10.6 Å². The fourth-order valence-corrected chi connectivity index (χ4v) is 4.57. The van der Waals surface area contributed by atoms with Crippen molar-refractivity contribution in [1.82, 2.24) is 15.5 Å². The number of carbonyl (C=O) groups is 2. The van der Waals surface area contributed by atoms with E-state index in [4.69, 9.17) is 9.47 Å². The van der Waals surface area contributed by atoms with Crippen LogP contribution in [-0.4, -0.2) is 76.4 Å². The molecule has 2 amide bonds. The number of nitrogens with zero attached hydrogens (tertiary/aromatic N) is 1. The third kappa shape index (κ3) is 7.02. The van der Waals surface area contributed by atoms with Gasteiger partial charge in [-0.05, 0) is 50.8 Å². The minimum atomic E-state index is -0.0525. The van der Waals surface area contributed by atoms with E-state index in [1.807, 2.05) is 6.07 Å². The summed E-state index contributed by atoms with van der Waals surface area (Å²) in [5.74, 6) is 0.235. The van der Waals surface area contributed by atoms with E-state index in [2.05, 4.69) is 39.8 Å². The van der Waals surface area contributed by atoms with Crippen molar-refractivity contribution in [3.05, 3.63) is 35.9 Å². The number of carbonyl (C=O) groups excluding carboxylic acids is 2. The molecule has 1 aromatic carbocycles.